The van der Waals surface area contributed by atoms with E-state index in [-0.39, 0.29) is 12.1 Å². The second-order valence-corrected chi connectivity index (χ2v) is 4.04. The Hall–Kier alpha value is -0.990. The maximum Gasteiger partial charge on any atom is 0.410 e. The molecule has 1 aliphatic carbocycles. The van der Waals surface area contributed by atoms with Gasteiger partial charge in [0.2, 0.25) is 0 Å². The quantitative estimate of drug-likeness (QED) is 0.600. The molecule has 0 saturated carbocycles. The fraction of sp³-hybridized carbons (Fsp3) is 0.727. The number of nitrogens with zero attached hydrogens (tertiary/aromatic N) is 1. The van der Waals surface area contributed by atoms with E-state index in [0.29, 0.717) is 18.6 Å². The number of piperidine rings is 1. The summed E-state index contributed by atoms with van der Waals surface area (Å²) in [7, 11) is 0. The van der Waals surface area contributed by atoms with Crippen LogP contribution in [0.3, 0.4) is 0 Å². The second kappa shape index (κ2) is 3.64. The van der Waals surface area contributed by atoms with Gasteiger partial charge in [0.1, 0.15) is 0 Å². The van der Waals surface area contributed by atoms with E-state index in [9.17, 15) is 4.79 Å². The maximum atomic E-state index is 11.7. The molecule has 2 heterocycles. The van der Waals surface area contributed by atoms with Gasteiger partial charge in [0.25, 0.3) is 0 Å². The van der Waals surface area contributed by atoms with Crippen molar-refractivity contribution in [3.63, 3.8) is 0 Å². The molecule has 2 aliphatic heterocycles. The van der Waals surface area contributed by atoms with Crippen LogP contribution in [0.5, 0.6) is 0 Å². The highest BCUT2D eigenvalue weighted by Gasteiger charge is 2.39. The number of rotatable bonds is 1. The summed E-state index contributed by atoms with van der Waals surface area (Å²) in [5, 5.41) is 0. The van der Waals surface area contributed by atoms with Gasteiger partial charge < -0.3 is 4.74 Å². The van der Waals surface area contributed by atoms with Crippen LogP contribution in [-0.4, -0.2) is 29.7 Å². The molecule has 0 radical (unpaired) electrons. The number of amides is 1. The van der Waals surface area contributed by atoms with Gasteiger partial charge in [0.05, 0.1) is 12.6 Å². The van der Waals surface area contributed by atoms with Crippen LogP contribution in [-0.2, 0) is 4.74 Å². The first-order valence-electron chi connectivity index (χ1n) is 5.37. The Bertz CT molecular complexity index is 262. The van der Waals surface area contributed by atoms with Crippen molar-refractivity contribution in [3.8, 4) is 0 Å². The van der Waals surface area contributed by atoms with Crippen molar-refractivity contribution in [3.05, 3.63) is 12.2 Å². The third-order valence-corrected chi connectivity index (χ3v) is 3.27. The van der Waals surface area contributed by atoms with Crippen LogP contribution >= 0.6 is 0 Å². The Morgan fingerprint density at radius 2 is 2.29 bits per heavy atom. The van der Waals surface area contributed by atoms with Gasteiger partial charge in [-0.3, -0.25) is 4.90 Å². The highest BCUT2D eigenvalue weighted by molar-refractivity contribution is 5.69. The molecule has 1 amide bonds. The lowest BCUT2D eigenvalue weighted by molar-refractivity contribution is 0.0456. The molecule has 3 rings (SSSR count). The summed E-state index contributed by atoms with van der Waals surface area (Å²) in [5.74, 6) is 0.532. The van der Waals surface area contributed by atoms with Crippen LogP contribution in [0.2, 0.25) is 0 Å². The molecule has 78 valence electrons. The smallest absolute Gasteiger partial charge is 0.410 e. The summed E-state index contributed by atoms with van der Waals surface area (Å²) < 4.78 is 5.06. The molecule has 3 heteroatoms. The first-order valence-corrected chi connectivity index (χ1v) is 5.37. The molecule has 0 spiro atoms. The predicted molar refractivity (Wildman–Crippen MR) is 54.0 cm³/mol. The lowest BCUT2D eigenvalue weighted by atomic mass is 9.81. The molecule has 3 aliphatic rings. The van der Waals surface area contributed by atoms with Crippen molar-refractivity contribution in [2.24, 2.45) is 5.92 Å². The van der Waals surface area contributed by atoms with Crippen LogP contribution in [0.4, 0.5) is 4.79 Å². The molecule has 0 unspecified atom stereocenters. The van der Waals surface area contributed by atoms with Gasteiger partial charge in [-0.15, -0.1) is 0 Å². The van der Waals surface area contributed by atoms with Crippen molar-refractivity contribution in [1.29, 1.82) is 0 Å². The maximum absolute atomic E-state index is 11.7. The molecular formula is C11H17NO2. The van der Waals surface area contributed by atoms with E-state index in [1.807, 2.05) is 11.8 Å². The number of carbonyl (C=O) groups is 1. The number of hydrogen-bond donors (Lipinski definition) is 0. The number of carbonyl (C=O) groups excluding carboxylic acids is 1. The summed E-state index contributed by atoms with van der Waals surface area (Å²) in [4.78, 5) is 13.6. The van der Waals surface area contributed by atoms with E-state index in [4.69, 9.17) is 4.74 Å². The van der Waals surface area contributed by atoms with Crippen molar-refractivity contribution >= 4 is 6.09 Å². The largest absolute Gasteiger partial charge is 0.450 e. The van der Waals surface area contributed by atoms with Gasteiger partial charge in [0, 0.05) is 6.04 Å². The molecule has 0 aromatic carbocycles. The number of fused-ring (bicyclic) bond motifs is 2. The normalized spacial score (nSPS) is 34.7. The molecule has 3 atom stereocenters. The summed E-state index contributed by atoms with van der Waals surface area (Å²) in [5.41, 5.74) is 0. The molecule has 1 saturated heterocycles. The van der Waals surface area contributed by atoms with Gasteiger partial charge in [0.15, 0.2) is 0 Å². The van der Waals surface area contributed by atoms with E-state index >= 15 is 0 Å². The van der Waals surface area contributed by atoms with Crippen LogP contribution in [0.1, 0.15) is 26.7 Å². The van der Waals surface area contributed by atoms with E-state index in [2.05, 4.69) is 19.1 Å². The average molecular weight is 195 g/mol. The Kier molecular flexibility index (Phi) is 2.48. The predicted octanol–water partition coefficient (Wildman–Crippen LogP) is 2.18. The van der Waals surface area contributed by atoms with Gasteiger partial charge in [-0.1, -0.05) is 12.2 Å². The Morgan fingerprint density at radius 1 is 1.50 bits per heavy atom. The van der Waals surface area contributed by atoms with Crippen LogP contribution in [0.25, 0.3) is 0 Å². The lowest BCUT2D eigenvalue weighted by Crippen LogP contribution is -2.54. The molecule has 0 N–H and O–H groups in total. The molecule has 0 aromatic heterocycles. The molecular weight excluding hydrogens is 178 g/mol. The van der Waals surface area contributed by atoms with Crippen LogP contribution in [0.15, 0.2) is 12.2 Å². The fourth-order valence-electron chi connectivity index (χ4n) is 2.47. The lowest BCUT2D eigenvalue weighted by Gasteiger charge is -2.45. The van der Waals surface area contributed by atoms with E-state index in [1.165, 1.54) is 6.42 Å². The summed E-state index contributed by atoms with van der Waals surface area (Å²) in [6, 6.07) is 0.576. The standard InChI is InChI=1S/C11H17NO2/c1-3-14-11(13)12-8(2)9-4-6-10(12)7-5-9/h4,6,8-10H,3,5,7H2,1-2H3/t8-,9-,10+/m0/s1. The molecule has 0 aromatic rings. The van der Waals surface area contributed by atoms with E-state index < -0.39 is 0 Å². The van der Waals surface area contributed by atoms with Gasteiger partial charge >= 0.3 is 6.09 Å². The summed E-state index contributed by atoms with van der Waals surface area (Å²) >= 11 is 0. The van der Waals surface area contributed by atoms with Gasteiger partial charge in [-0.2, -0.15) is 0 Å². The Morgan fingerprint density at radius 3 is 2.79 bits per heavy atom. The molecule has 1 fully saturated rings. The fourth-order valence-corrected chi connectivity index (χ4v) is 2.47. The van der Waals surface area contributed by atoms with Crippen LogP contribution in [0, 0.1) is 5.92 Å². The summed E-state index contributed by atoms with van der Waals surface area (Å²) in [6.07, 6.45) is 6.53. The minimum Gasteiger partial charge on any atom is -0.450 e. The van der Waals surface area contributed by atoms with Gasteiger partial charge in [-0.05, 0) is 32.6 Å². The Labute approximate surface area is 84.7 Å². The van der Waals surface area contributed by atoms with E-state index in [0.717, 1.165) is 6.42 Å². The number of ether oxygens (including phenoxy) is 1. The SMILES string of the molecule is CCOC(=O)N1[C@@H]2C=C[C@@H](CC2)[C@@H]1C. The zero-order chi connectivity index (χ0) is 10.1. The third kappa shape index (κ3) is 1.41. The highest BCUT2D eigenvalue weighted by atomic mass is 16.6. The monoisotopic (exact) mass is 195 g/mol. The molecule has 2 bridgehead atoms. The van der Waals surface area contributed by atoms with E-state index in [1.54, 1.807) is 0 Å². The van der Waals surface area contributed by atoms with Crippen molar-refractivity contribution in [1.82, 2.24) is 4.90 Å². The highest BCUT2D eigenvalue weighted by Crippen LogP contribution is 2.34. The first kappa shape index (κ1) is 9.56. The summed E-state index contributed by atoms with van der Waals surface area (Å²) in [6.45, 7) is 4.42. The number of hydrogen-bond acceptors (Lipinski definition) is 2. The minimum absolute atomic E-state index is 0.154. The molecule has 14 heavy (non-hydrogen) atoms. The first-order chi connectivity index (χ1) is 6.74. The zero-order valence-corrected chi connectivity index (χ0v) is 8.77. The Balaban J connectivity index is 2.12. The minimum atomic E-state index is -0.154. The van der Waals surface area contributed by atoms with Crippen LogP contribution < -0.4 is 0 Å². The van der Waals surface area contributed by atoms with Crippen molar-refractivity contribution < 1.29 is 9.53 Å². The topological polar surface area (TPSA) is 29.5 Å². The third-order valence-electron chi connectivity index (χ3n) is 3.27. The van der Waals surface area contributed by atoms with Gasteiger partial charge in [-0.25, -0.2) is 4.79 Å². The zero-order valence-electron chi connectivity index (χ0n) is 8.77. The molecule has 3 nitrogen and oxygen atoms in total. The van der Waals surface area contributed by atoms with Crippen molar-refractivity contribution in [2.45, 2.75) is 38.8 Å². The second-order valence-electron chi connectivity index (χ2n) is 4.04. The van der Waals surface area contributed by atoms with Crippen molar-refractivity contribution in [2.75, 3.05) is 6.61 Å². The average Bonchev–Trinajstić information content (AvgIpc) is 2.19.